The SMILES string of the molecule is O=Cc1nc(C(F)F)cc(CBr)c1O. The zero-order chi connectivity index (χ0) is 10.7. The Balaban J connectivity index is 3.31. The third-order valence-corrected chi connectivity index (χ3v) is 2.20. The summed E-state index contributed by atoms with van der Waals surface area (Å²) < 4.78 is 24.5. The van der Waals surface area contributed by atoms with Gasteiger partial charge in [0.05, 0.1) is 0 Å². The van der Waals surface area contributed by atoms with Gasteiger partial charge in [-0.3, -0.25) is 4.79 Å². The molecule has 1 rings (SSSR count). The molecule has 6 heteroatoms. The van der Waals surface area contributed by atoms with Gasteiger partial charge < -0.3 is 5.11 Å². The molecule has 3 nitrogen and oxygen atoms in total. The van der Waals surface area contributed by atoms with Crippen molar-refractivity contribution in [2.45, 2.75) is 11.8 Å². The van der Waals surface area contributed by atoms with E-state index >= 15 is 0 Å². The summed E-state index contributed by atoms with van der Waals surface area (Å²) in [5.74, 6) is -0.360. The molecule has 1 N–H and O–H groups in total. The number of aromatic nitrogens is 1. The fraction of sp³-hybridized carbons (Fsp3) is 0.250. The fourth-order valence-electron chi connectivity index (χ4n) is 0.932. The smallest absolute Gasteiger partial charge is 0.280 e. The van der Waals surface area contributed by atoms with Crippen LogP contribution in [0.15, 0.2) is 6.07 Å². The Morgan fingerprint density at radius 1 is 1.64 bits per heavy atom. The van der Waals surface area contributed by atoms with Crippen molar-refractivity contribution >= 4 is 22.2 Å². The second-order valence-corrected chi connectivity index (χ2v) is 3.05. The van der Waals surface area contributed by atoms with Gasteiger partial charge in [0.15, 0.2) is 6.29 Å². The minimum Gasteiger partial charge on any atom is -0.505 e. The number of aromatic hydroxyl groups is 1. The van der Waals surface area contributed by atoms with Crippen molar-refractivity contribution in [1.82, 2.24) is 4.98 Å². The van der Waals surface area contributed by atoms with Gasteiger partial charge in [-0.1, -0.05) is 15.9 Å². The molecule has 76 valence electrons. The average molecular weight is 266 g/mol. The molecule has 0 aliphatic carbocycles. The molecular weight excluding hydrogens is 260 g/mol. The topological polar surface area (TPSA) is 50.2 Å². The van der Waals surface area contributed by atoms with Crippen molar-refractivity contribution < 1.29 is 18.7 Å². The summed E-state index contributed by atoms with van der Waals surface area (Å²) in [5.41, 5.74) is -0.658. The van der Waals surface area contributed by atoms with Crippen LogP contribution in [0.2, 0.25) is 0 Å². The van der Waals surface area contributed by atoms with E-state index in [1.54, 1.807) is 0 Å². The summed E-state index contributed by atoms with van der Waals surface area (Å²) in [7, 11) is 0. The maximum absolute atomic E-state index is 12.3. The second kappa shape index (κ2) is 4.45. The molecule has 0 bridgehead atoms. The van der Waals surface area contributed by atoms with Gasteiger partial charge in [0.2, 0.25) is 0 Å². The zero-order valence-electron chi connectivity index (χ0n) is 6.88. The van der Waals surface area contributed by atoms with E-state index < -0.39 is 12.1 Å². The number of halogens is 3. The number of rotatable bonds is 3. The van der Waals surface area contributed by atoms with Crippen LogP contribution in [0.4, 0.5) is 8.78 Å². The van der Waals surface area contributed by atoms with Crippen LogP contribution < -0.4 is 0 Å². The molecule has 0 amide bonds. The molecule has 0 fully saturated rings. The van der Waals surface area contributed by atoms with E-state index in [1.165, 1.54) is 0 Å². The van der Waals surface area contributed by atoms with Crippen LogP contribution in [0.5, 0.6) is 5.75 Å². The van der Waals surface area contributed by atoms with Gasteiger partial charge in [-0.05, 0) is 6.07 Å². The Hall–Kier alpha value is -1.04. The van der Waals surface area contributed by atoms with Gasteiger partial charge in [0, 0.05) is 10.9 Å². The van der Waals surface area contributed by atoms with E-state index in [0.717, 1.165) is 6.07 Å². The van der Waals surface area contributed by atoms with E-state index in [1.807, 2.05) is 0 Å². The zero-order valence-corrected chi connectivity index (χ0v) is 8.46. The highest BCUT2D eigenvalue weighted by molar-refractivity contribution is 9.08. The number of hydrogen-bond acceptors (Lipinski definition) is 3. The molecule has 0 saturated carbocycles. The monoisotopic (exact) mass is 265 g/mol. The normalized spacial score (nSPS) is 10.6. The molecule has 1 aromatic rings. The van der Waals surface area contributed by atoms with E-state index in [2.05, 4.69) is 20.9 Å². The van der Waals surface area contributed by atoms with Crippen LogP contribution >= 0.6 is 15.9 Å². The number of alkyl halides is 3. The van der Waals surface area contributed by atoms with Gasteiger partial charge >= 0.3 is 0 Å². The Bertz CT molecular complexity index is 357. The first-order valence-electron chi connectivity index (χ1n) is 3.62. The number of pyridine rings is 1. The predicted molar refractivity (Wildman–Crippen MR) is 48.9 cm³/mol. The third-order valence-electron chi connectivity index (χ3n) is 1.60. The first kappa shape index (κ1) is 11.0. The number of carbonyl (C=O) groups is 1. The molecule has 0 atom stereocenters. The highest BCUT2D eigenvalue weighted by Gasteiger charge is 2.15. The average Bonchev–Trinajstić information content (AvgIpc) is 2.17. The molecular formula is C8H6BrF2NO2. The third kappa shape index (κ3) is 2.06. The van der Waals surface area contributed by atoms with Crippen molar-refractivity contribution in [2.24, 2.45) is 0 Å². The number of carbonyl (C=O) groups excluding carboxylic acids is 1. The molecule has 0 radical (unpaired) electrons. The van der Waals surface area contributed by atoms with E-state index in [4.69, 9.17) is 0 Å². The Labute approximate surface area is 86.9 Å². The molecule has 0 aliphatic heterocycles. The lowest BCUT2D eigenvalue weighted by atomic mass is 10.2. The minimum absolute atomic E-state index is 0.182. The second-order valence-electron chi connectivity index (χ2n) is 2.49. The number of hydrogen-bond donors (Lipinski definition) is 1. The highest BCUT2D eigenvalue weighted by atomic mass is 79.9. The number of aldehydes is 1. The van der Waals surface area contributed by atoms with Crippen molar-refractivity contribution in [3.8, 4) is 5.75 Å². The fourth-order valence-corrected chi connectivity index (χ4v) is 1.36. The summed E-state index contributed by atoms with van der Waals surface area (Å²) >= 11 is 3.01. The van der Waals surface area contributed by atoms with Crippen LogP contribution in [0.25, 0.3) is 0 Å². The Morgan fingerprint density at radius 2 is 2.29 bits per heavy atom. The summed E-state index contributed by atoms with van der Waals surface area (Å²) in [6.45, 7) is 0. The van der Waals surface area contributed by atoms with Gasteiger partial charge in [-0.15, -0.1) is 0 Å². The summed E-state index contributed by atoms with van der Waals surface area (Å²) in [4.78, 5) is 13.7. The maximum atomic E-state index is 12.3. The van der Waals surface area contributed by atoms with Crippen LogP contribution in [0.1, 0.15) is 28.2 Å². The highest BCUT2D eigenvalue weighted by Crippen LogP contribution is 2.27. The molecule has 1 heterocycles. The standard InChI is InChI=1S/C8H6BrF2NO2/c9-2-4-1-5(8(10)11)12-6(3-13)7(4)14/h1,3,8,14H,2H2. The van der Waals surface area contributed by atoms with Gasteiger partial charge in [-0.2, -0.15) is 0 Å². The summed E-state index contributed by atoms with van der Waals surface area (Å²) in [5, 5.41) is 9.51. The minimum atomic E-state index is -2.76. The van der Waals surface area contributed by atoms with Gasteiger partial charge in [-0.25, -0.2) is 13.8 Å². The molecule has 14 heavy (non-hydrogen) atoms. The Kier molecular flexibility index (Phi) is 3.51. The van der Waals surface area contributed by atoms with Crippen LogP contribution in [-0.2, 0) is 5.33 Å². The maximum Gasteiger partial charge on any atom is 0.280 e. The molecule has 0 aliphatic rings. The lowest BCUT2D eigenvalue weighted by molar-refractivity contribution is 0.111. The molecule has 0 spiro atoms. The first-order chi connectivity index (χ1) is 6.60. The van der Waals surface area contributed by atoms with Crippen molar-refractivity contribution in [3.05, 3.63) is 23.0 Å². The summed E-state index contributed by atoms with van der Waals surface area (Å²) in [6, 6.07) is 1.06. The van der Waals surface area contributed by atoms with Gasteiger partial charge in [0.25, 0.3) is 6.43 Å². The molecule has 0 unspecified atom stereocenters. The van der Waals surface area contributed by atoms with Crippen molar-refractivity contribution in [1.29, 1.82) is 0 Å². The summed E-state index contributed by atoms with van der Waals surface area (Å²) in [6.07, 6.45) is -2.51. The van der Waals surface area contributed by atoms with E-state index in [9.17, 15) is 18.7 Å². The van der Waals surface area contributed by atoms with Crippen LogP contribution in [0.3, 0.4) is 0 Å². The molecule has 0 aromatic carbocycles. The van der Waals surface area contributed by atoms with Gasteiger partial charge in [0.1, 0.15) is 17.1 Å². The van der Waals surface area contributed by atoms with Crippen molar-refractivity contribution in [3.63, 3.8) is 0 Å². The first-order valence-corrected chi connectivity index (χ1v) is 4.74. The quantitative estimate of drug-likeness (QED) is 0.675. The largest absolute Gasteiger partial charge is 0.505 e. The molecule has 0 saturated heterocycles. The molecule has 1 aromatic heterocycles. The lowest BCUT2D eigenvalue weighted by Crippen LogP contribution is -1.98. The van der Waals surface area contributed by atoms with Crippen LogP contribution in [0, 0.1) is 0 Å². The predicted octanol–water partition coefficient (Wildman–Crippen LogP) is 2.43. The lowest BCUT2D eigenvalue weighted by Gasteiger charge is -2.06. The van der Waals surface area contributed by atoms with Crippen molar-refractivity contribution in [2.75, 3.05) is 0 Å². The van der Waals surface area contributed by atoms with Crippen LogP contribution in [-0.4, -0.2) is 16.4 Å². The Morgan fingerprint density at radius 3 is 2.71 bits per heavy atom. The van der Waals surface area contributed by atoms with E-state index in [-0.39, 0.29) is 28.6 Å². The van der Waals surface area contributed by atoms with E-state index in [0.29, 0.717) is 0 Å². The number of nitrogens with zero attached hydrogens (tertiary/aromatic N) is 1.